The molecule has 0 saturated heterocycles. The van der Waals surface area contributed by atoms with Gasteiger partial charge in [-0.3, -0.25) is 4.79 Å². The fraction of sp³-hybridized carbons (Fsp3) is 0.857. The van der Waals surface area contributed by atoms with Crippen LogP contribution in [0.25, 0.3) is 0 Å². The van der Waals surface area contributed by atoms with Gasteiger partial charge in [-0.15, -0.1) is 0 Å². The Kier molecular flexibility index (Phi) is 5.45. The normalized spacial score (nSPS) is 11.4. The summed E-state index contributed by atoms with van der Waals surface area (Å²) in [6.07, 6.45) is -4.98. The lowest BCUT2D eigenvalue weighted by atomic mass is 10.3. The van der Waals surface area contributed by atoms with E-state index in [0.29, 0.717) is 0 Å². The summed E-state index contributed by atoms with van der Waals surface area (Å²) < 4.78 is 39.0. The molecule has 0 fully saturated rings. The Hall–Kier alpha value is -0.780. The van der Waals surface area contributed by atoms with Crippen LogP contribution in [-0.2, 0) is 9.53 Å². The zero-order valence-electron chi connectivity index (χ0n) is 7.28. The maximum Gasteiger partial charge on any atom is 0.389 e. The zero-order chi connectivity index (χ0) is 10.3. The van der Waals surface area contributed by atoms with E-state index in [0.717, 1.165) is 0 Å². The first kappa shape index (κ1) is 12.2. The Morgan fingerprint density at radius 2 is 2.08 bits per heavy atom. The molecule has 0 heterocycles. The number of hydrogen-bond acceptors (Lipinski definition) is 3. The van der Waals surface area contributed by atoms with E-state index in [1.165, 1.54) is 7.11 Å². The van der Waals surface area contributed by atoms with Crippen molar-refractivity contribution in [2.45, 2.75) is 19.0 Å². The lowest BCUT2D eigenvalue weighted by Gasteiger charge is -2.06. The van der Waals surface area contributed by atoms with Crippen LogP contribution in [0.15, 0.2) is 0 Å². The van der Waals surface area contributed by atoms with Crippen molar-refractivity contribution in [3.05, 3.63) is 0 Å². The van der Waals surface area contributed by atoms with E-state index in [-0.39, 0.29) is 19.5 Å². The van der Waals surface area contributed by atoms with E-state index < -0.39 is 18.6 Å². The maximum absolute atomic E-state index is 11.6. The van der Waals surface area contributed by atoms with Gasteiger partial charge in [0.05, 0.1) is 13.7 Å². The zero-order valence-corrected chi connectivity index (χ0v) is 7.28. The molecule has 0 unspecified atom stereocenters. The molecule has 0 spiro atoms. The third kappa shape index (κ3) is 9.13. The van der Waals surface area contributed by atoms with Crippen molar-refractivity contribution in [2.75, 3.05) is 20.2 Å². The Labute approximate surface area is 74.3 Å². The minimum Gasteiger partial charge on any atom is -0.468 e. The topological polar surface area (TPSA) is 38.3 Å². The summed E-state index contributed by atoms with van der Waals surface area (Å²) in [5, 5.41) is 2.53. The monoisotopic (exact) mass is 199 g/mol. The van der Waals surface area contributed by atoms with Gasteiger partial charge >= 0.3 is 12.1 Å². The highest BCUT2D eigenvalue weighted by Gasteiger charge is 2.25. The lowest BCUT2D eigenvalue weighted by molar-refractivity contribution is -0.139. The van der Waals surface area contributed by atoms with Crippen LogP contribution in [0.2, 0.25) is 0 Å². The van der Waals surface area contributed by atoms with Gasteiger partial charge < -0.3 is 10.1 Å². The van der Waals surface area contributed by atoms with Gasteiger partial charge in [0, 0.05) is 6.42 Å². The van der Waals surface area contributed by atoms with E-state index >= 15 is 0 Å². The first-order valence-electron chi connectivity index (χ1n) is 3.80. The Balaban J connectivity index is 3.22. The fourth-order valence-corrected chi connectivity index (χ4v) is 0.676. The highest BCUT2D eigenvalue weighted by molar-refractivity contribution is 5.71. The number of methoxy groups -OCH3 is 1. The first-order chi connectivity index (χ1) is 5.95. The quantitative estimate of drug-likeness (QED) is 0.532. The smallest absolute Gasteiger partial charge is 0.389 e. The minimum absolute atomic E-state index is 0.0273. The number of esters is 1. The van der Waals surface area contributed by atoms with Crippen molar-refractivity contribution in [3.8, 4) is 0 Å². The third-order valence-corrected chi connectivity index (χ3v) is 1.31. The number of carbonyl (C=O) groups excluding carboxylic acids is 1. The number of halogens is 3. The number of carbonyl (C=O) groups is 1. The molecule has 0 aliphatic rings. The Morgan fingerprint density at radius 3 is 2.54 bits per heavy atom. The van der Waals surface area contributed by atoms with Crippen molar-refractivity contribution >= 4 is 5.97 Å². The van der Waals surface area contributed by atoms with E-state index in [1.54, 1.807) is 0 Å². The number of rotatable bonds is 5. The number of ether oxygens (including phenoxy) is 1. The summed E-state index contributed by atoms with van der Waals surface area (Å²) in [7, 11) is 1.22. The Morgan fingerprint density at radius 1 is 1.46 bits per heavy atom. The number of nitrogens with one attached hydrogen (secondary N) is 1. The van der Waals surface area contributed by atoms with Gasteiger partial charge in [-0.1, -0.05) is 0 Å². The van der Waals surface area contributed by atoms with Gasteiger partial charge in [0.25, 0.3) is 0 Å². The summed E-state index contributed by atoms with van der Waals surface area (Å²) >= 11 is 0. The van der Waals surface area contributed by atoms with Gasteiger partial charge in [-0.25, -0.2) is 0 Å². The summed E-state index contributed by atoms with van der Waals surface area (Å²) in [5.41, 5.74) is 0. The van der Waals surface area contributed by atoms with E-state index in [9.17, 15) is 18.0 Å². The van der Waals surface area contributed by atoms with Crippen molar-refractivity contribution in [2.24, 2.45) is 0 Å². The molecule has 0 saturated carbocycles. The highest BCUT2D eigenvalue weighted by Crippen LogP contribution is 2.20. The summed E-state index contributed by atoms with van der Waals surface area (Å²) in [5.74, 6) is -0.480. The first-order valence-corrected chi connectivity index (χ1v) is 3.80. The molecule has 0 atom stereocenters. The SMILES string of the molecule is COC(=O)CNCCCC(F)(F)F. The van der Waals surface area contributed by atoms with Crippen LogP contribution in [0.1, 0.15) is 12.8 Å². The molecular formula is C7H12F3NO2. The third-order valence-electron chi connectivity index (χ3n) is 1.31. The molecule has 0 aliphatic heterocycles. The van der Waals surface area contributed by atoms with Crippen molar-refractivity contribution in [1.29, 1.82) is 0 Å². The van der Waals surface area contributed by atoms with E-state index in [4.69, 9.17) is 0 Å². The molecule has 78 valence electrons. The summed E-state index contributed by atoms with van der Waals surface area (Å²) in [6.45, 7) is 0.114. The second kappa shape index (κ2) is 5.80. The van der Waals surface area contributed by atoms with Crippen LogP contribution in [0, 0.1) is 0 Å². The molecular weight excluding hydrogens is 187 g/mol. The molecule has 3 nitrogen and oxygen atoms in total. The molecule has 0 aromatic carbocycles. The second-order valence-corrected chi connectivity index (χ2v) is 2.47. The highest BCUT2D eigenvalue weighted by atomic mass is 19.4. The van der Waals surface area contributed by atoms with E-state index in [2.05, 4.69) is 10.1 Å². The fourth-order valence-electron chi connectivity index (χ4n) is 0.676. The molecule has 0 aromatic rings. The van der Waals surface area contributed by atoms with Crippen LogP contribution in [0.3, 0.4) is 0 Å². The summed E-state index contributed by atoms with van der Waals surface area (Å²) in [4.78, 5) is 10.5. The van der Waals surface area contributed by atoms with Crippen molar-refractivity contribution < 1.29 is 22.7 Å². The number of hydrogen-bond donors (Lipinski definition) is 1. The molecule has 0 amide bonds. The molecule has 1 N–H and O–H groups in total. The van der Waals surface area contributed by atoms with Crippen LogP contribution >= 0.6 is 0 Å². The minimum atomic E-state index is -4.12. The predicted molar refractivity (Wildman–Crippen MR) is 40.2 cm³/mol. The maximum atomic E-state index is 11.6. The largest absolute Gasteiger partial charge is 0.468 e. The van der Waals surface area contributed by atoms with Gasteiger partial charge in [0.15, 0.2) is 0 Å². The average molecular weight is 199 g/mol. The standard InChI is InChI=1S/C7H12F3NO2/c1-13-6(12)5-11-4-2-3-7(8,9)10/h11H,2-5H2,1H3. The predicted octanol–water partition coefficient (Wildman–Crippen LogP) is 1.09. The van der Waals surface area contributed by atoms with Crippen LogP contribution < -0.4 is 5.32 Å². The average Bonchev–Trinajstić information content (AvgIpc) is 2.01. The molecule has 0 radical (unpaired) electrons. The molecule has 6 heteroatoms. The molecule has 13 heavy (non-hydrogen) atoms. The molecule has 0 aliphatic carbocycles. The van der Waals surface area contributed by atoms with Crippen molar-refractivity contribution in [3.63, 3.8) is 0 Å². The van der Waals surface area contributed by atoms with Gasteiger partial charge in [-0.2, -0.15) is 13.2 Å². The Bertz CT molecular complexity index is 158. The van der Waals surface area contributed by atoms with Crippen LogP contribution in [0.5, 0.6) is 0 Å². The van der Waals surface area contributed by atoms with Gasteiger partial charge in [0.1, 0.15) is 0 Å². The van der Waals surface area contributed by atoms with E-state index in [1.807, 2.05) is 0 Å². The molecule has 0 rings (SSSR count). The molecule has 0 bridgehead atoms. The summed E-state index contributed by atoms with van der Waals surface area (Å²) in [6, 6.07) is 0. The number of alkyl halides is 3. The molecule has 0 aromatic heterocycles. The van der Waals surface area contributed by atoms with Gasteiger partial charge in [-0.05, 0) is 13.0 Å². The lowest BCUT2D eigenvalue weighted by Crippen LogP contribution is -2.25. The van der Waals surface area contributed by atoms with Crippen molar-refractivity contribution in [1.82, 2.24) is 5.32 Å². The second-order valence-electron chi connectivity index (χ2n) is 2.47. The van der Waals surface area contributed by atoms with Crippen LogP contribution in [-0.4, -0.2) is 32.3 Å². The van der Waals surface area contributed by atoms with Gasteiger partial charge in [0.2, 0.25) is 0 Å². The van der Waals surface area contributed by atoms with Crippen LogP contribution in [0.4, 0.5) is 13.2 Å².